The Morgan fingerprint density at radius 3 is 0.906 bits per heavy atom. The van der Waals surface area contributed by atoms with Gasteiger partial charge in [0.25, 0.3) is 0 Å². The van der Waals surface area contributed by atoms with Crippen LogP contribution in [0.5, 0.6) is 0 Å². The Hall–Kier alpha value is -3.59. The van der Waals surface area contributed by atoms with E-state index in [2.05, 4.69) is 135 Å². The van der Waals surface area contributed by atoms with Gasteiger partial charge in [-0.1, -0.05) is 315 Å². The van der Waals surface area contributed by atoms with E-state index in [1.807, 2.05) is 0 Å². The SMILES string of the molecule is CC/C=C\C/C=C\C/C=C\C/C=C\C/C=C\CCCCCCCCCCCCCCCCCCCCCCCC(=O)OC(COC(=O)CCCCCCCCCCCCC/C=C\C/C=C\C/C=C\C/C=C\C/C=C\CC)COP(=O)(O)OCCN. The second-order valence-corrected chi connectivity index (χ2v) is 24.4. The van der Waals surface area contributed by atoms with Crippen molar-refractivity contribution in [3.05, 3.63) is 122 Å². The summed E-state index contributed by atoms with van der Waals surface area (Å²) in [5.74, 6) is -0.824. The van der Waals surface area contributed by atoms with E-state index < -0.39 is 26.5 Å². The van der Waals surface area contributed by atoms with Crippen molar-refractivity contribution in [2.45, 2.75) is 315 Å². The summed E-state index contributed by atoms with van der Waals surface area (Å²) in [5.41, 5.74) is 5.40. The minimum Gasteiger partial charge on any atom is -0.462 e. The van der Waals surface area contributed by atoms with Crippen LogP contribution < -0.4 is 5.73 Å². The van der Waals surface area contributed by atoms with Crippen LogP contribution >= 0.6 is 7.82 Å². The number of phosphoric ester groups is 1. The summed E-state index contributed by atoms with van der Waals surface area (Å²) in [4.78, 5) is 35.4. The zero-order valence-electron chi connectivity index (χ0n) is 54.8. The van der Waals surface area contributed by atoms with Crippen LogP contribution in [-0.4, -0.2) is 49.3 Å². The first-order valence-electron chi connectivity index (χ1n) is 35.0. The van der Waals surface area contributed by atoms with Gasteiger partial charge in [0, 0.05) is 19.4 Å². The van der Waals surface area contributed by atoms with Crippen molar-refractivity contribution in [1.29, 1.82) is 0 Å². The van der Waals surface area contributed by atoms with Gasteiger partial charge in [0.05, 0.1) is 13.2 Å². The van der Waals surface area contributed by atoms with Crippen molar-refractivity contribution in [3.8, 4) is 0 Å². The highest BCUT2D eigenvalue weighted by Gasteiger charge is 2.26. The number of carbonyl (C=O) groups is 2. The number of phosphoric acid groups is 1. The lowest BCUT2D eigenvalue weighted by Crippen LogP contribution is -2.29. The molecule has 9 nitrogen and oxygen atoms in total. The molecule has 0 aromatic carbocycles. The smallest absolute Gasteiger partial charge is 0.462 e. The Morgan fingerprint density at radius 1 is 0.353 bits per heavy atom. The third-order valence-electron chi connectivity index (χ3n) is 14.8. The fourth-order valence-corrected chi connectivity index (χ4v) is 10.5. The summed E-state index contributed by atoms with van der Waals surface area (Å²) in [6, 6.07) is 0. The fourth-order valence-electron chi connectivity index (χ4n) is 9.75. The molecule has 0 fully saturated rings. The predicted octanol–water partition coefficient (Wildman–Crippen LogP) is 23.1. The molecule has 2 unspecified atom stereocenters. The van der Waals surface area contributed by atoms with Crippen molar-refractivity contribution in [2.75, 3.05) is 26.4 Å². The number of unbranched alkanes of at least 4 members (excludes halogenated alkanes) is 32. The van der Waals surface area contributed by atoms with E-state index >= 15 is 0 Å². The molecule has 0 heterocycles. The van der Waals surface area contributed by atoms with Gasteiger partial charge in [0.15, 0.2) is 6.10 Å². The highest BCUT2D eigenvalue weighted by molar-refractivity contribution is 7.47. The number of ether oxygens (including phenoxy) is 2. The van der Waals surface area contributed by atoms with Crippen molar-refractivity contribution < 1.29 is 37.6 Å². The maximum absolute atomic E-state index is 12.8. The number of nitrogens with two attached hydrogens (primary N) is 1. The topological polar surface area (TPSA) is 134 Å². The fraction of sp³-hybridized carbons (Fsp3) is 0.707. The monoisotopic (exact) mass is 1200 g/mol. The second-order valence-electron chi connectivity index (χ2n) is 23.0. The van der Waals surface area contributed by atoms with Crippen LogP contribution in [0.25, 0.3) is 0 Å². The largest absolute Gasteiger partial charge is 0.472 e. The van der Waals surface area contributed by atoms with Gasteiger partial charge >= 0.3 is 19.8 Å². The van der Waals surface area contributed by atoms with Crippen LogP contribution in [0.4, 0.5) is 0 Å². The van der Waals surface area contributed by atoms with Gasteiger partial charge < -0.3 is 20.1 Å². The van der Waals surface area contributed by atoms with E-state index in [0.29, 0.717) is 6.42 Å². The van der Waals surface area contributed by atoms with Gasteiger partial charge in [-0.25, -0.2) is 4.57 Å². The van der Waals surface area contributed by atoms with E-state index in [9.17, 15) is 19.0 Å². The van der Waals surface area contributed by atoms with E-state index in [-0.39, 0.29) is 38.6 Å². The summed E-state index contributed by atoms with van der Waals surface area (Å²) in [6.07, 6.45) is 97.2. The van der Waals surface area contributed by atoms with Crippen LogP contribution in [0.3, 0.4) is 0 Å². The van der Waals surface area contributed by atoms with Gasteiger partial charge in [-0.2, -0.15) is 0 Å². The molecule has 0 aromatic rings. The molecule has 85 heavy (non-hydrogen) atoms. The number of hydrogen-bond donors (Lipinski definition) is 2. The molecular formula is C75H130NO8P. The number of rotatable bonds is 65. The first-order chi connectivity index (χ1) is 41.8. The van der Waals surface area contributed by atoms with Crippen LogP contribution in [-0.2, 0) is 32.7 Å². The molecule has 0 amide bonds. The van der Waals surface area contributed by atoms with Crippen molar-refractivity contribution in [1.82, 2.24) is 0 Å². The lowest BCUT2D eigenvalue weighted by atomic mass is 10.0. The Labute approximate surface area is 523 Å². The zero-order valence-corrected chi connectivity index (χ0v) is 55.7. The number of hydrogen-bond acceptors (Lipinski definition) is 8. The van der Waals surface area contributed by atoms with E-state index in [0.717, 1.165) is 103 Å². The van der Waals surface area contributed by atoms with Crippen molar-refractivity contribution in [2.24, 2.45) is 5.73 Å². The summed E-state index contributed by atoms with van der Waals surface area (Å²) in [5, 5.41) is 0. The highest BCUT2D eigenvalue weighted by atomic mass is 31.2. The Morgan fingerprint density at radius 2 is 0.612 bits per heavy atom. The molecule has 488 valence electrons. The minimum atomic E-state index is -4.40. The molecule has 0 bridgehead atoms. The number of carbonyl (C=O) groups excluding carboxylic acids is 2. The summed E-state index contributed by atoms with van der Waals surface area (Å²) in [6.45, 7) is 3.54. The standard InChI is InChI=1S/C75H130NO8P/c1-3-5-7-9-11-13-15-17-19-21-23-25-27-29-31-32-33-34-35-36-37-38-39-40-42-44-46-48-50-52-54-56-58-60-62-64-66-68-75(78)84-73(72-83-85(79,80)82-70-69-76)71-81-74(77)67-65-63-61-59-57-55-53-51-49-47-45-43-41-30-28-26-24-22-20-18-16-14-12-10-8-6-4-2/h5-8,11-14,17-20,23-26,29-31,41,73H,3-4,9-10,15-16,21-22,27-28,32-40,42-72,76H2,1-2H3,(H,79,80)/b7-5-,8-6-,13-11-,14-12-,19-17-,20-18-,25-23-,26-24-,31-29-,41-30-. The summed E-state index contributed by atoms with van der Waals surface area (Å²) in [7, 11) is -4.40. The van der Waals surface area contributed by atoms with Crippen molar-refractivity contribution >= 4 is 19.8 Å². The molecule has 0 spiro atoms. The molecule has 0 radical (unpaired) electrons. The van der Waals surface area contributed by atoms with E-state index in [1.165, 1.54) is 173 Å². The minimum absolute atomic E-state index is 0.0499. The predicted molar refractivity (Wildman–Crippen MR) is 367 cm³/mol. The maximum Gasteiger partial charge on any atom is 0.472 e. The Balaban J connectivity index is 3.86. The molecule has 2 atom stereocenters. The molecule has 0 rings (SSSR count). The zero-order chi connectivity index (χ0) is 61.6. The van der Waals surface area contributed by atoms with E-state index in [1.54, 1.807) is 0 Å². The summed E-state index contributed by atoms with van der Waals surface area (Å²) < 4.78 is 33.2. The van der Waals surface area contributed by atoms with Crippen LogP contribution in [0.2, 0.25) is 0 Å². The number of esters is 2. The van der Waals surface area contributed by atoms with Gasteiger partial charge in [-0.05, 0) is 103 Å². The van der Waals surface area contributed by atoms with Crippen LogP contribution in [0.15, 0.2) is 122 Å². The molecule has 10 heteroatoms. The van der Waals surface area contributed by atoms with Gasteiger partial charge in [0.2, 0.25) is 0 Å². The number of allylic oxidation sites excluding steroid dienone is 20. The normalized spacial score (nSPS) is 13.7. The van der Waals surface area contributed by atoms with Gasteiger partial charge in [0.1, 0.15) is 6.61 Å². The lowest BCUT2D eigenvalue weighted by molar-refractivity contribution is -0.161. The molecule has 3 N–H and O–H groups in total. The average Bonchev–Trinajstić information content (AvgIpc) is 3.52. The third kappa shape index (κ3) is 69.4. The summed E-state index contributed by atoms with van der Waals surface area (Å²) >= 11 is 0. The van der Waals surface area contributed by atoms with Crippen molar-refractivity contribution in [3.63, 3.8) is 0 Å². The van der Waals surface area contributed by atoms with Crippen LogP contribution in [0.1, 0.15) is 309 Å². The lowest BCUT2D eigenvalue weighted by Gasteiger charge is -2.19. The third-order valence-corrected chi connectivity index (χ3v) is 15.8. The Kier molecular flexibility index (Phi) is 66.6. The molecule has 0 aliphatic carbocycles. The van der Waals surface area contributed by atoms with E-state index in [4.69, 9.17) is 24.3 Å². The van der Waals surface area contributed by atoms with Gasteiger partial charge in [-0.3, -0.25) is 18.6 Å². The molecule has 0 aromatic heterocycles. The first-order valence-corrected chi connectivity index (χ1v) is 36.5. The second kappa shape index (κ2) is 69.5. The van der Waals surface area contributed by atoms with Crippen LogP contribution in [0, 0.1) is 0 Å². The average molecular weight is 1200 g/mol. The molecule has 0 aliphatic heterocycles. The van der Waals surface area contributed by atoms with Gasteiger partial charge in [-0.15, -0.1) is 0 Å². The first kappa shape index (κ1) is 81.4. The quantitative estimate of drug-likeness (QED) is 0.0264. The highest BCUT2D eigenvalue weighted by Crippen LogP contribution is 2.43. The molecule has 0 saturated heterocycles. The molecular weight excluding hydrogens is 1070 g/mol. The maximum atomic E-state index is 12.8. The molecule has 0 saturated carbocycles. The molecule has 0 aliphatic rings. The Bertz CT molecular complexity index is 1810.